The SMILES string of the molecule is Clc1ccc(-c2ccccc2-c2cccc3c2-c2ccccc2C32c3ccccc3-c3ccccc32)c2ccccc12. The summed E-state index contributed by atoms with van der Waals surface area (Å²) in [5.41, 5.74) is 15.3. The number of halogens is 1. The first-order chi connectivity index (χ1) is 20.8. The van der Waals surface area contributed by atoms with Crippen LogP contribution < -0.4 is 0 Å². The molecule has 1 heteroatoms. The fraction of sp³-hybridized carbons (Fsp3) is 0.0244. The zero-order chi connectivity index (χ0) is 27.8. The molecule has 0 fully saturated rings. The molecule has 0 aliphatic heterocycles. The number of fused-ring (bicyclic) bond motifs is 11. The molecule has 9 rings (SSSR count). The van der Waals surface area contributed by atoms with E-state index >= 15 is 0 Å². The Bertz CT molecular complexity index is 2170. The molecule has 7 aromatic carbocycles. The van der Waals surface area contributed by atoms with E-state index in [1.807, 2.05) is 6.07 Å². The predicted octanol–water partition coefficient (Wildman–Crippen LogP) is 11.2. The molecule has 0 unspecified atom stereocenters. The van der Waals surface area contributed by atoms with Crippen molar-refractivity contribution in [3.8, 4) is 44.5 Å². The summed E-state index contributed by atoms with van der Waals surface area (Å²) in [6.45, 7) is 0. The molecule has 0 N–H and O–H groups in total. The van der Waals surface area contributed by atoms with Crippen molar-refractivity contribution in [2.45, 2.75) is 5.41 Å². The standard InChI is InChI=1S/C41H25Cl/c42-39-25-24-29(27-13-3-4-17-32(27)39)26-12-1-2-14-28(26)33-19-11-23-38-40(33)34-18-7-10-22-37(34)41(38)35-20-8-5-15-30(35)31-16-6-9-21-36(31)41/h1-25H. The molecule has 0 aromatic heterocycles. The lowest BCUT2D eigenvalue weighted by atomic mass is 9.70. The molecule has 0 radical (unpaired) electrons. The highest BCUT2D eigenvalue weighted by molar-refractivity contribution is 6.36. The van der Waals surface area contributed by atoms with Gasteiger partial charge in [-0.3, -0.25) is 0 Å². The molecule has 42 heavy (non-hydrogen) atoms. The zero-order valence-electron chi connectivity index (χ0n) is 22.8. The summed E-state index contributed by atoms with van der Waals surface area (Å²) >= 11 is 6.66. The third-order valence-corrected chi connectivity index (χ3v) is 9.73. The van der Waals surface area contributed by atoms with Crippen molar-refractivity contribution >= 4 is 22.4 Å². The van der Waals surface area contributed by atoms with Crippen LogP contribution in [0.15, 0.2) is 152 Å². The molecule has 2 aliphatic rings. The van der Waals surface area contributed by atoms with E-state index in [1.54, 1.807) is 0 Å². The number of rotatable bonds is 2. The second-order valence-corrected chi connectivity index (χ2v) is 11.7. The second-order valence-electron chi connectivity index (χ2n) is 11.3. The van der Waals surface area contributed by atoms with Crippen molar-refractivity contribution in [3.63, 3.8) is 0 Å². The average Bonchev–Trinajstić information content (AvgIpc) is 3.53. The van der Waals surface area contributed by atoms with Gasteiger partial charge >= 0.3 is 0 Å². The van der Waals surface area contributed by atoms with Gasteiger partial charge in [-0.2, -0.15) is 0 Å². The van der Waals surface area contributed by atoms with E-state index < -0.39 is 0 Å². The lowest BCUT2D eigenvalue weighted by Gasteiger charge is -2.30. The van der Waals surface area contributed by atoms with Crippen LogP contribution in [0.4, 0.5) is 0 Å². The van der Waals surface area contributed by atoms with E-state index in [0.717, 1.165) is 10.4 Å². The van der Waals surface area contributed by atoms with Crippen LogP contribution in [0, 0.1) is 0 Å². The van der Waals surface area contributed by atoms with Gasteiger partial charge in [-0.1, -0.05) is 157 Å². The first-order valence-corrected chi connectivity index (χ1v) is 14.9. The molecule has 7 aromatic rings. The zero-order valence-corrected chi connectivity index (χ0v) is 23.6. The van der Waals surface area contributed by atoms with E-state index in [1.165, 1.54) is 72.1 Å². The fourth-order valence-corrected chi connectivity index (χ4v) is 8.05. The highest BCUT2D eigenvalue weighted by Gasteiger charge is 2.51. The maximum atomic E-state index is 6.66. The molecular formula is C41H25Cl. The molecule has 0 amide bonds. The largest absolute Gasteiger partial charge is 0.0837 e. The lowest BCUT2D eigenvalue weighted by molar-refractivity contribution is 0.794. The van der Waals surface area contributed by atoms with Crippen LogP contribution in [0.5, 0.6) is 0 Å². The minimum absolute atomic E-state index is 0.350. The third kappa shape index (κ3) is 2.97. The first-order valence-electron chi connectivity index (χ1n) is 14.5. The van der Waals surface area contributed by atoms with Gasteiger partial charge in [-0.05, 0) is 78.2 Å². The maximum Gasteiger partial charge on any atom is 0.0725 e. The van der Waals surface area contributed by atoms with Gasteiger partial charge in [0.1, 0.15) is 0 Å². The average molecular weight is 553 g/mol. The Labute approximate surface area is 250 Å². The van der Waals surface area contributed by atoms with Gasteiger partial charge in [0, 0.05) is 10.4 Å². The van der Waals surface area contributed by atoms with Crippen LogP contribution in [0.2, 0.25) is 5.02 Å². The Kier molecular flexibility index (Phi) is 4.97. The van der Waals surface area contributed by atoms with Crippen molar-refractivity contribution in [2.24, 2.45) is 0 Å². The predicted molar refractivity (Wildman–Crippen MR) is 176 cm³/mol. The summed E-state index contributed by atoms with van der Waals surface area (Å²) in [6, 6.07) is 55.4. The first kappa shape index (κ1) is 23.8. The summed E-state index contributed by atoms with van der Waals surface area (Å²) in [5.74, 6) is 0. The highest BCUT2D eigenvalue weighted by atomic mass is 35.5. The molecule has 196 valence electrons. The Hall–Kier alpha value is -4.91. The third-order valence-electron chi connectivity index (χ3n) is 9.40. The molecule has 1 spiro atoms. The van der Waals surface area contributed by atoms with Crippen molar-refractivity contribution < 1.29 is 0 Å². The monoisotopic (exact) mass is 552 g/mol. The summed E-state index contributed by atoms with van der Waals surface area (Å²) in [5, 5.41) is 3.02. The minimum Gasteiger partial charge on any atom is -0.0837 e. The van der Waals surface area contributed by atoms with E-state index in [9.17, 15) is 0 Å². The minimum atomic E-state index is -0.350. The molecule has 0 heterocycles. The van der Waals surface area contributed by atoms with Gasteiger partial charge < -0.3 is 0 Å². The van der Waals surface area contributed by atoms with Crippen molar-refractivity contribution in [1.29, 1.82) is 0 Å². The molecular weight excluding hydrogens is 528 g/mol. The maximum absolute atomic E-state index is 6.66. The van der Waals surface area contributed by atoms with Gasteiger partial charge in [0.2, 0.25) is 0 Å². The molecule has 0 saturated heterocycles. The summed E-state index contributed by atoms with van der Waals surface area (Å²) < 4.78 is 0. The van der Waals surface area contributed by atoms with Crippen LogP contribution >= 0.6 is 11.6 Å². The summed E-state index contributed by atoms with van der Waals surface area (Å²) in [4.78, 5) is 0. The van der Waals surface area contributed by atoms with Gasteiger partial charge in [-0.25, -0.2) is 0 Å². The van der Waals surface area contributed by atoms with E-state index in [-0.39, 0.29) is 5.41 Å². The van der Waals surface area contributed by atoms with Crippen LogP contribution in [0.25, 0.3) is 55.3 Å². The van der Waals surface area contributed by atoms with Crippen molar-refractivity contribution in [3.05, 3.63) is 179 Å². The van der Waals surface area contributed by atoms with Crippen LogP contribution in [-0.4, -0.2) is 0 Å². The quantitative estimate of drug-likeness (QED) is 0.200. The molecule has 2 aliphatic carbocycles. The number of hydrogen-bond acceptors (Lipinski definition) is 0. The van der Waals surface area contributed by atoms with E-state index in [0.29, 0.717) is 0 Å². The van der Waals surface area contributed by atoms with Crippen LogP contribution in [0.3, 0.4) is 0 Å². The van der Waals surface area contributed by atoms with Crippen molar-refractivity contribution in [2.75, 3.05) is 0 Å². The molecule has 0 saturated carbocycles. The Morgan fingerprint density at radius 1 is 0.310 bits per heavy atom. The number of benzene rings is 7. The smallest absolute Gasteiger partial charge is 0.0725 e. The molecule has 0 nitrogen and oxygen atoms in total. The van der Waals surface area contributed by atoms with Gasteiger partial charge in [-0.15, -0.1) is 0 Å². The van der Waals surface area contributed by atoms with Crippen LogP contribution in [-0.2, 0) is 5.41 Å². The van der Waals surface area contributed by atoms with Gasteiger partial charge in [0.05, 0.1) is 5.41 Å². The summed E-state index contributed by atoms with van der Waals surface area (Å²) in [7, 11) is 0. The molecule has 0 atom stereocenters. The van der Waals surface area contributed by atoms with E-state index in [2.05, 4.69) is 146 Å². The van der Waals surface area contributed by atoms with Crippen LogP contribution in [0.1, 0.15) is 22.3 Å². The lowest BCUT2D eigenvalue weighted by Crippen LogP contribution is -2.25. The Morgan fingerprint density at radius 3 is 1.43 bits per heavy atom. The topological polar surface area (TPSA) is 0 Å². The van der Waals surface area contributed by atoms with Gasteiger partial charge in [0.15, 0.2) is 0 Å². The Morgan fingerprint density at radius 2 is 0.762 bits per heavy atom. The normalized spacial score (nSPS) is 13.5. The number of hydrogen-bond donors (Lipinski definition) is 0. The molecule has 0 bridgehead atoms. The highest BCUT2D eigenvalue weighted by Crippen LogP contribution is 2.64. The second kappa shape index (κ2) is 8.79. The summed E-state index contributed by atoms with van der Waals surface area (Å²) in [6.07, 6.45) is 0. The van der Waals surface area contributed by atoms with Gasteiger partial charge in [0.25, 0.3) is 0 Å². The van der Waals surface area contributed by atoms with E-state index in [4.69, 9.17) is 11.6 Å². The van der Waals surface area contributed by atoms with Crippen molar-refractivity contribution in [1.82, 2.24) is 0 Å². The fourth-order valence-electron chi connectivity index (χ4n) is 7.82. The Balaban J connectivity index is 1.39.